The Bertz CT molecular complexity index is 1830. The van der Waals surface area contributed by atoms with Gasteiger partial charge in [0.2, 0.25) is 5.88 Å². The third kappa shape index (κ3) is 9.27. The van der Waals surface area contributed by atoms with E-state index in [0.717, 1.165) is 26.7 Å². The first-order valence-electron chi connectivity index (χ1n) is 15.9. The van der Waals surface area contributed by atoms with Crippen LogP contribution in [0.2, 0.25) is 5.15 Å². The van der Waals surface area contributed by atoms with E-state index in [0.29, 0.717) is 19.5 Å². The van der Waals surface area contributed by atoms with Crippen LogP contribution in [0, 0.1) is 18.3 Å². The number of nitrogens with zero attached hydrogens (tertiary/aromatic N) is 6. The number of halogens is 4. The van der Waals surface area contributed by atoms with E-state index in [4.69, 9.17) is 21.1 Å². The molecule has 3 aromatic heterocycles. The van der Waals surface area contributed by atoms with Crippen LogP contribution >= 0.6 is 11.6 Å². The van der Waals surface area contributed by atoms with Crippen LogP contribution in [-0.2, 0) is 21.3 Å². The molecule has 0 unspecified atom stereocenters. The van der Waals surface area contributed by atoms with Crippen molar-refractivity contribution in [3.05, 3.63) is 47.0 Å². The molecule has 0 aliphatic carbocycles. The Balaban J connectivity index is 1.34. The van der Waals surface area contributed by atoms with Crippen LogP contribution in [0.15, 0.2) is 35.5 Å². The van der Waals surface area contributed by atoms with Crippen molar-refractivity contribution in [3.8, 4) is 11.7 Å². The number of rotatable bonds is 11. The maximum absolute atomic E-state index is 13.2. The molecule has 18 heteroatoms. The van der Waals surface area contributed by atoms with Gasteiger partial charge in [0.05, 0.1) is 16.7 Å². The Morgan fingerprint density at radius 2 is 1.78 bits per heavy atom. The molecule has 2 amide bonds. The predicted octanol–water partition coefficient (Wildman–Crippen LogP) is 6.33. The minimum absolute atomic E-state index is 0.0867. The fraction of sp³-hybridized carbons (Fsp3) is 0.594. The molecule has 1 fully saturated rings. The second-order valence-corrected chi connectivity index (χ2v) is 16.7. The normalized spacial score (nSPS) is 16.8. The maximum Gasteiger partial charge on any atom is 0.410 e. The molecule has 1 N–H and O–H groups in total. The summed E-state index contributed by atoms with van der Waals surface area (Å²) in [6.45, 7) is 13.4. The molecular weight excluding hydrogens is 703 g/mol. The lowest BCUT2D eigenvalue weighted by molar-refractivity contribution is -0.219. The molecule has 4 heterocycles. The van der Waals surface area contributed by atoms with Gasteiger partial charge in [0.1, 0.15) is 22.3 Å². The van der Waals surface area contributed by atoms with E-state index < -0.39 is 39.7 Å². The molecule has 0 spiro atoms. The molecule has 1 atom stereocenters. The lowest BCUT2D eigenvalue weighted by Crippen LogP contribution is -2.45. The van der Waals surface area contributed by atoms with Crippen LogP contribution in [-0.4, -0.2) is 80.3 Å². The van der Waals surface area contributed by atoms with Crippen molar-refractivity contribution in [2.45, 2.75) is 103 Å². The zero-order valence-electron chi connectivity index (χ0n) is 29.3. The predicted molar refractivity (Wildman–Crippen MR) is 178 cm³/mol. The van der Waals surface area contributed by atoms with Crippen LogP contribution in [0.4, 0.5) is 18.0 Å². The lowest BCUT2D eigenvalue weighted by atomic mass is 9.93. The van der Waals surface area contributed by atoms with Gasteiger partial charge in [-0.1, -0.05) is 11.6 Å². The van der Waals surface area contributed by atoms with E-state index in [-0.39, 0.29) is 50.6 Å². The van der Waals surface area contributed by atoms with Gasteiger partial charge >= 0.3 is 12.3 Å². The molecule has 1 aliphatic rings. The van der Waals surface area contributed by atoms with Crippen molar-refractivity contribution in [2.24, 2.45) is 11.3 Å². The number of nitrogens with one attached hydrogen (secondary N) is 1. The van der Waals surface area contributed by atoms with Crippen LogP contribution in [0.5, 0.6) is 5.88 Å². The molecule has 4 rings (SSSR count). The molecule has 0 radical (unpaired) electrons. The average molecular weight is 746 g/mol. The van der Waals surface area contributed by atoms with Crippen molar-refractivity contribution >= 4 is 33.6 Å². The van der Waals surface area contributed by atoms with Crippen LogP contribution in [0.3, 0.4) is 0 Å². The van der Waals surface area contributed by atoms with Gasteiger partial charge in [-0.15, -0.1) is 5.10 Å². The topological polar surface area (TPSA) is 151 Å². The highest BCUT2D eigenvalue weighted by atomic mass is 35.5. The zero-order chi connectivity index (χ0) is 37.4. The fourth-order valence-electron chi connectivity index (χ4n) is 5.44. The summed E-state index contributed by atoms with van der Waals surface area (Å²) in [4.78, 5) is 31.4. The molecule has 0 bridgehead atoms. The number of ether oxygens (including phenoxy) is 2. The number of likely N-dealkylation sites (tertiary alicyclic amines) is 1. The highest BCUT2D eigenvalue weighted by molar-refractivity contribution is 7.90. The number of alkyl halides is 3. The van der Waals surface area contributed by atoms with Gasteiger partial charge in [-0.25, -0.2) is 27.6 Å². The van der Waals surface area contributed by atoms with Crippen LogP contribution in [0.25, 0.3) is 5.82 Å². The quantitative estimate of drug-likeness (QED) is 0.222. The zero-order valence-corrected chi connectivity index (χ0v) is 30.8. The van der Waals surface area contributed by atoms with Crippen molar-refractivity contribution in [2.75, 3.05) is 13.2 Å². The molecule has 0 saturated carbocycles. The van der Waals surface area contributed by atoms with Gasteiger partial charge in [-0.2, -0.15) is 18.3 Å². The number of pyridine rings is 1. The Morgan fingerprint density at radius 3 is 2.40 bits per heavy atom. The first-order chi connectivity index (χ1) is 22.9. The number of hydrogen-bond acceptors (Lipinski definition) is 9. The highest BCUT2D eigenvalue weighted by Crippen LogP contribution is 2.38. The number of hydrogen-bond donors (Lipinski definition) is 1. The summed E-state index contributed by atoms with van der Waals surface area (Å²) in [5.74, 6) is -0.772. The molecule has 276 valence electrons. The lowest BCUT2D eigenvalue weighted by Gasteiger charge is -2.33. The Kier molecular flexibility index (Phi) is 10.9. The number of aryl methyl sites for hydroxylation is 2. The highest BCUT2D eigenvalue weighted by Gasteiger charge is 2.48. The second-order valence-electron chi connectivity index (χ2n) is 14.7. The van der Waals surface area contributed by atoms with E-state index in [9.17, 15) is 31.2 Å². The van der Waals surface area contributed by atoms with Crippen molar-refractivity contribution in [1.82, 2.24) is 34.2 Å². The van der Waals surface area contributed by atoms with Gasteiger partial charge < -0.3 is 14.4 Å². The average Bonchev–Trinajstić information content (AvgIpc) is 3.67. The SMILES string of the molecule is Cc1nn(CCC[C@@H]2CN(C(=O)OC(C)(C)C)C(C)(C)C2)cc1S(=O)(=O)NC(=O)c1ccc(-n2ccc(OCC(C)(C)C(F)(F)F)n2)nc1Cl. The monoisotopic (exact) mass is 745 g/mol. The minimum atomic E-state index is -4.48. The van der Waals surface area contributed by atoms with Gasteiger partial charge in [-0.05, 0) is 92.7 Å². The van der Waals surface area contributed by atoms with Crippen LogP contribution in [0.1, 0.15) is 83.8 Å². The van der Waals surface area contributed by atoms with Gasteiger partial charge in [0, 0.05) is 37.1 Å². The van der Waals surface area contributed by atoms with Crippen molar-refractivity contribution < 1.29 is 40.7 Å². The summed E-state index contributed by atoms with van der Waals surface area (Å²) in [5, 5.41) is 8.03. The molecule has 1 saturated heterocycles. The standard InChI is InChI=1S/C32H43ClF3N7O6S/c1-20-23(18-41(38-20)14-9-10-21-16-31(7,8)42(17-21)28(45)49-29(2,3)4)50(46,47)40-27(44)22-11-12-24(37-26(22)33)43-15-13-25(39-43)48-19-30(5,6)32(34,35)36/h11-13,15,18,21H,9-10,14,16-17,19H2,1-8H3,(H,40,44)/t21-/m0/s1. The summed E-state index contributed by atoms with van der Waals surface area (Å²) >= 11 is 6.24. The number of amides is 2. The number of carbonyl (C=O) groups is 2. The smallest absolute Gasteiger partial charge is 0.410 e. The van der Waals surface area contributed by atoms with E-state index in [2.05, 4.69) is 15.2 Å². The molecule has 50 heavy (non-hydrogen) atoms. The summed E-state index contributed by atoms with van der Waals surface area (Å²) in [7, 11) is -4.35. The second kappa shape index (κ2) is 14.0. The largest absolute Gasteiger partial charge is 0.476 e. The third-order valence-corrected chi connectivity index (χ3v) is 9.94. The van der Waals surface area contributed by atoms with Crippen molar-refractivity contribution in [3.63, 3.8) is 0 Å². The molecule has 1 aliphatic heterocycles. The van der Waals surface area contributed by atoms with Gasteiger partial charge in [0.15, 0.2) is 5.82 Å². The van der Waals surface area contributed by atoms with Gasteiger partial charge in [0.25, 0.3) is 15.9 Å². The summed E-state index contributed by atoms with van der Waals surface area (Å²) in [5.41, 5.74) is -3.10. The Labute approximate surface area is 294 Å². The van der Waals surface area contributed by atoms with E-state index >= 15 is 0 Å². The number of carbonyl (C=O) groups excluding carboxylic acids is 2. The summed E-state index contributed by atoms with van der Waals surface area (Å²) in [6.07, 6.45) is 0.180. The Hall–Kier alpha value is -3.86. The molecular formula is C32H43ClF3N7O6S. The maximum atomic E-state index is 13.2. The first kappa shape index (κ1) is 38.9. The summed E-state index contributed by atoms with van der Waals surface area (Å²) in [6, 6.07) is 3.92. The summed E-state index contributed by atoms with van der Waals surface area (Å²) < 4.78 is 81.3. The van der Waals surface area contributed by atoms with Crippen molar-refractivity contribution in [1.29, 1.82) is 0 Å². The molecule has 0 aromatic carbocycles. The first-order valence-corrected chi connectivity index (χ1v) is 17.8. The Morgan fingerprint density at radius 1 is 1.10 bits per heavy atom. The molecule has 13 nitrogen and oxygen atoms in total. The number of aromatic nitrogens is 5. The fourth-order valence-corrected chi connectivity index (χ4v) is 6.83. The van der Waals surface area contributed by atoms with Crippen LogP contribution < -0.4 is 9.46 Å². The number of sulfonamides is 1. The van der Waals surface area contributed by atoms with E-state index in [1.807, 2.05) is 39.3 Å². The third-order valence-electron chi connectivity index (χ3n) is 8.22. The van der Waals surface area contributed by atoms with E-state index in [1.165, 1.54) is 46.9 Å². The molecule has 3 aromatic rings. The minimum Gasteiger partial charge on any atom is -0.476 e. The van der Waals surface area contributed by atoms with Gasteiger partial charge in [-0.3, -0.25) is 9.48 Å². The van der Waals surface area contributed by atoms with E-state index in [1.54, 1.807) is 4.90 Å².